The van der Waals surface area contributed by atoms with Crippen molar-refractivity contribution in [1.29, 1.82) is 0 Å². The number of carbonyl (C=O) groups is 2. The summed E-state index contributed by atoms with van der Waals surface area (Å²) in [6.07, 6.45) is 0. The summed E-state index contributed by atoms with van der Waals surface area (Å²) in [5.74, 6) is -1.00. The molecule has 0 bridgehead atoms. The number of methoxy groups -OCH3 is 1. The molecule has 2 N–H and O–H groups in total. The lowest BCUT2D eigenvalue weighted by molar-refractivity contribution is 0.0600. The van der Waals surface area contributed by atoms with Crippen LogP contribution in [0.4, 0.5) is 0 Å². The summed E-state index contributed by atoms with van der Waals surface area (Å²) in [5.41, 5.74) is 1.02. The molecule has 1 aromatic heterocycles. The maximum absolute atomic E-state index is 12.2. The molecule has 0 aliphatic rings. The smallest absolute Gasteiger partial charge is 0.337 e. The minimum atomic E-state index is -0.677. The number of benzene rings is 1. The molecule has 0 aliphatic carbocycles. The van der Waals surface area contributed by atoms with Crippen LogP contribution in [0.2, 0.25) is 10.2 Å². The number of carbonyl (C=O) groups excluding carboxylic acids is 2. The SMILES string of the molecule is COC(=O)c1ccc([C@H](CO)NC(=O)c2cc(Cl)cc(Cl)n2)cc1. The molecule has 6 nitrogen and oxygen atoms in total. The highest BCUT2D eigenvalue weighted by molar-refractivity contribution is 6.34. The molecule has 2 aromatic rings. The van der Waals surface area contributed by atoms with Crippen LogP contribution in [0.25, 0.3) is 0 Å². The van der Waals surface area contributed by atoms with Crippen LogP contribution in [0, 0.1) is 0 Å². The number of nitrogens with one attached hydrogen (secondary N) is 1. The highest BCUT2D eigenvalue weighted by Gasteiger charge is 2.17. The van der Waals surface area contributed by atoms with E-state index in [4.69, 9.17) is 23.2 Å². The third kappa shape index (κ3) is 4.44. The van der Waals surface area contributed by atoms with E-state index in [-0.39, 0.29) is 22.5 Å². The maximum Gasteiger partial charge on any atom is 0.337 e. The van der Waals surface area contributed by atoms with Gasteiger partial charge in [-0.3, -0.25) is 4.79 Å². The molecule has 24 heavy (non-hydrogen) atoms. The number of rotatable bonds is 5. The lowest BCUT2D eigenvalue weighted by Crippen LogP contribution is -2.31. The molecule has 1 amide bonds. The minimum absolute atomic E-state index is 0.0390. The van der Waals surface area contributed by atoms with Gasteiger partial charge in [-0.15, -0.1) is 0 Å². The molecule has 0 radical (unpaired) electrons. The van der Waals surface area contributed by atoms with Gasteiger partial charge in [0.25, 0.3) is 5.91 Å². The molecule has 126 valence electrons. The molecule has 1 heterocycles. The predicted octanol–water partition coefficient (Wildman–Crippen LogP) is 2.64. The zero-order valence-corrected chi connectivity index (χ0v) is 14.1. The minimum Gasteiger partial charge on any atom is -0.465 e. The molecular formula is C16H14Cl2N2O4. The van der Waals surface area contributed by atoms with Crippen molar-refractivity contribution in [3.8, 4) is 0 Å². The third-order valence-electron chi connectivity index (χ3n) is 3.21. The number of nitrogens with zero attached hydrogens (tertiary/aromatic N) is 1. The van der Waals surface area contributed by atoms with Crippen LogP contribution < -0.4 is 5.32 Å². The number of amides is 1. The Morgan fingerprint density at radius 3 is 2.46 bits per heavy atom. The second kappa shape index (κ2) is 8.10. The maximum atomic E-state index is 12.2. The van der Waals surface area contributed by atoms with Crippen LogP contribution in [0.1, 0.15) is 32.5 Å². The first-order chi connectivity index (χ1) is 11.4. The topological polar surface area (TPSA) is 88.5 Å². The van der Waals surface area contributed by atoms with Crippen LogP contribution in [0.5, 0.6) is 0 Å². The van der Waals surface area contributed by atoms with E-state index in [9.17, 15) is 14.7 Å². The molecule has 0 saturated heterocycles. The van der Waals surface area contributed by atoms with E-state index in [0.717, 1.165) is 0 Å². The molecule has 2 rings (SSSR count). The Balaban J connectivity index is 2.16. The zero-order chi connectivity index (χ0) is 17.7. The molecule has 0 aliphatic heterocycles. The summed E-state index contributed by atoms with van der Waals surface area (Å²) in [6.45, 7) is -0.336. The zero-order valence-electron chi connectivity index (χ0n) is 12.6. The standard InChI is InChI=1S/C16H14Cl2N2O4/c1-24-16(23)10-4-2-9(3-5-10)13(8-21)20-15(22)12-6-11(17)7-14(18)19-12/h2-7,13,21H,8H2,1H3,(H,20,22)/t13-/m0/s1. The number of esters is 1. The largest absolute Gasteiger partial charge is 0.465 e. The van der Waals surface area contributed by atoms with E-state index in [1.165, 1.54) is 19.2 Å². The Morgan fingerprint density at radius 1 is 1.25 bits per heavy atom. The summed E-state index contributed by atoms with van der Waals surface area (Å²) < 4.78 is 4.62. The van der Waals surface area contributed by atoms with E-state index >= 15 is 0 Å². The Labute approximate surface area is 148 Å². The first kappa shape index (κ1) is 18.2. The summed E-state index contributed by atoms with van der Waals surface area (Å²) in [7, 11) is 1.29. The molecule has 0 fully saturated rings. The van der Waals surface area contributed by atoms with Crippen LogP contribution in [-0.4, -0.2) is 35.7 Å². The Hall–Kier alpha value is -2.15. The van der Waals surface area contributed by atoms with Crippen molar-refractivity contribution in [2.75, 3.05) is 13.7 Å². The molecular weight excluding hydrogens is 355 g/mol. The number of pyridine rings is 1. The first-order valence-electron chi connectivity index (χ1n) is 6.87. The highest BCUT2D eigenvalue weighted by Crippen LogP contribution is 2.18. The van der Waals surface area contributed by atoms with E-state index < -0.39 is 17.9 Å². The predicted molar refractivity (Wildman–Crippen MR) is 89.3 cm³/mol. The number of aliphatic hydroxyl groups is 1. The van der Waals surface area contributed by atoms with Gasteiger partial charge in [0, 0.05) is 5.02 Å². The first-order valence-corrected chi connectivity index (χ1v) is 7.63. The number of halogens is 2. The monoisotopic (exact) mass is 368 g/mol. The second-order valence-electron chi connectivity index (χ2n) is 4.82. The van der Waals surface area contributed by atoms with Gasteiger partial charge in [0.15, 0.2) is 0 Å². The summed E-state index contributed by atoms with van der Waals surface area (Å²) in [4.78, 5) is 27.5. The van der Waals surface area contributed by atoms with Crippen LogP contribution >= 0.6 is 23.2 Å². The van der Waals surface area contributed by atoms with E-state index in [1.54, 1.807) is 24.3 Å². The van der Waals surface area contributed by atoms with Crippen molar-refractivity contribution in [3.63, 3.8) is 0 Å². The summed E-state index contributed by atoms with van der Waals surface area (Å²) in [6, 6.07) is 8.43. The van der Waals surface area contributed by atoms with Gasteiger partial charge in [-0.1, -0.05) is 35.3 Å². The summed E-state index contributed by atoms with van der Waals surface area (Å²) >= 11 is 11.6. The van der Waals surface area contributed by atoms with Crippen LogP contribution in [0.3, 0.4) is 0 Å². The van der Waals surface area contributed by atoms with Crippen molar-refractivity contribution in [2.24, 2.45) is 0 Å². The molecule has 8 heteroatoms. The number of hydrogen-bond donors (Lipinski definition) is 2. The lowest BCUT2D eigenvalue weighted by atomic mass is 10.1. The van der Waals surface area contributed by atoms with Gasteiger partial charge in [-0.25, -0.2) is 9.78 Å². The van der Waals surface area contributed by atoms with Crippen molar-refractivity contribution in [1.82, 2.24) is 10.3 Å². The van der Waals surface area contributed by atoms with Gasteiger partial charge in [-0.05, 0) is 29.8 Å². The van der Waals surface area contributed by atoms with E-state index in [1.807, 2.05) is 0 Å². The van der Waals surface area contributed by atoms with Gasteiger partial charge < -0.3 is 15.2 Å². The van der Waals surface area contributed by atoms with E-state index in [2.05, 4.69) is 15.0 Å². The van der Waals surface area contributed by atoms with Crippen molar-refractivity contribution >= 4 is 35.1 Å². The average Bonchev–Trinajstić information content (AvgIpc) is 2.58. The van der Waals surface area contributed by atoms with E-state index in [0.29, 0.717) is 11.1 Å². The molecule has 0 unspecified atom stereocenters. The van der Waals surface area contributed by atoms with Gasteiger partial charge in [0.05, 0.1) is 25.3 Å². The fourth-order valence-electron chi connectivity index (χ4n) is 2.02. The van der Waals surface area contributed by atoms with Gasteiger partial charge in [0.2, 0.25) is 0 Å². The number of aromatic nitrogens is 1. The average molecular weight is 369 g/mol. The van der Waals surface area contributed by atoms with Crippen molar-refractivity contribution in [3.05, 3.63) is 63.4 Å². The van der Waals surface area contributed by atoms with Crippen molar-refractivity contribution in [2.45, 2.75) is 6.04 Å². The van der Waals surface area contributed by atoms with Gasteiger partial charge >= 0.3 is 5.97 Å². The van der Waals surface area contributed by atoms with Crippen LogP contribution in [-0.2, 0) is 4.74 Å². The molecule has 1 aromatic carbocycles. The van der Waals surface area contributed by atoms with Gasteiger partial charge in [-0.2, -0.15) is 0 Å². The number of aliphatic hydroxyl groups excluding tert-OH is 1. The Bertz CT molecular complexity index is 730. The normalized spacial score (nSPS) is 11.7. The highest BCUT2D eigenvalue weighted by atomic mass is 35.5. The quantitative estimate of drug-likeness (QED) is 0.625. The Morgan fingerprint density at radius 2 is 1.92 bits per heavy atom. The Kier molecular flexibility index (Phi) is 6.14. The molecule has 0 spiro atoms. The molecule has 0 saturated carbocycles. The fraction of sp³-hybridized carbons (Fsp3) is 0.188. The second-order valence-corrected chi connectivity index (χ2v) is 5.64. The summed E-state index contributed by atoms with van der Waals surface area (Å²) in [5, 5.41) is 12.5. The van der Waals surface area contributed by atoms with Crippen molar-refractivity contribution < 1.29 is 19.4 Å². The lowest BCUT2D eigenvalue weighted by Gasteiger charge is -2.17. The van der Waals surface area contributed by atoms with Crippen LogP contribution in [0.15, 0.2) is 36.4 Å². The fourth-order valence-corrected chi connectivity index (χ4v) is 2.49. The number of ether oxygens (including phenoxy) is 1. The van der Waals surface area contributed by atoms with Gasteiger partial charge in [0.1, 0.15) is 10.8 Å². The molecule has 1 atom stereocenters. The number of hydrogen-bond acceptors (Lipinski definition) is 5. The third-order valence-corrected chi connectivity index (χ3v) is 3.63.